The van der Waals surface area contributed by atoms with Crippen LogP contribution in [0.5, 0.6) is 0 Å². The molecule has 3 aromatic rings. The molecule has 0 aliphatic heterocycles. The molecule has 0 saturated heterocycles. The van der Waals surface area contributed by atoms with Gasteiger partial charge in [0.2, 0.25) is 5.91 Å². The maximum Gasteiger partial charge on any atom is 0.250 e. The van der Waals surface area contributed by atoms with E-state index in [1.165, 1.54) is 30.1 Å². The molecular formula is C20H15N2O3S-. The molecule has 0 aliphatic carbocycles. The Morgan fingerprint density at radius 1 is 1.00 bits per heavy atom. The number of carboxylic acids is 1. The standard InChI is InChI=1S/C20H16N2O3S/c23-19(22-21-12-14-8-10-16(11-9-14)20(24)25)13-26-18-7-3-5-15-4-1-2-6-17(15)18/h1-12H,13H2,(H,22,23)(H,24,25)/p-1/b21-12-. The molecule has 26 heavy (non-hydrogen) atoms. The van der Waals surface area contributed by atoms with Crippen LogP contribution < -0.4 is 10.5 Å². The lowest BCUT2D eigenvalue weighted by Gasteiger charge is -2.05. The highest BCUT2D eigenvalue weighted by Gasteiger charge is 2.05. The second-order valence-corrected chi connectivity index (χ2v) is 6.49. The highest BCUT2D eigenvalue weighted by Crippen LogP contribution is 2.27. The summed E-state index contributed by atoms with van der Waals surface area (Å²) in [5.41, 5.74) is 3.24. The lowest BCUT2D eigenvalue weighted by Crippen LogP contribution is -2.22. The molecule has 3 rings (SSSR count). The second-order valence-electron chi connectivity index (χ2n) is 5.47. The van der Waals surface area contributed by atoms with E-state index in [-0.39, 0.29) is 17.2 Å². The third-order valence-electron chi connectivity index (χ3n) is 3.66. The van der Waals surface area contributed by atoms with E-state index < -0.39 is 5.97 Å². The van der Waals surface area contributed by atoms with Gasteiger partial charge in [0.15, 0.2) is 0 Å². The molecule has 0 unspecified atom stereocenters. The number of amides is 1. The molecule has 1 amide bonds. The van der Waals surface area contributed by atoms with Crippen LogP contribution in [-0.4, -0.2) is 23.8 Å². The van der Waals surface area contributed by atoms with E-state index in [1.807, 2.05) is 42.5 Å². The normalized spacial score (nSPS) is 10.9. The van der Waals surface area contributed by atoms with Crippen molar-refractivity contribution in [1.82, 2.24) is 5.43 Å². The van der Waals surface area contributed by atoms with Gasteiger partial charge in [-0.1, -0.05) is 60.7 Å². The van der Waals surface area contributed by atoms with Crippen LogP contribution >= 0.6 is 11.8 Å². The third-order valence-corrected chi connectivity index (χ3v) is 4.73. The Morgan fingerprint density at radius 3 is 2.50 bits per heavy atom. The maximum atomic E-state index is 12.0. The number of carbonyl (C=O) groups excluding carboxylic acids is 2. The Morgan fingerprint density at radius 2 is 1.73 bits per heavy atom. The highest BCUT2D eigenvalue weighted by molar-refractivity contribution is 8.00. The van der Waals surface area contributed by atoms with Gasteiger partial charge in [0.1, 0.15) is 0 Å². The summed E-state index contributed by atoms with van der Waals surface area (Å²) in [6.45, 7) is 0. The number of hydrazone groups is 1. The first-order chi connectivity index (χ1) is 12.6. The summed E-state index contributed by atoms with van der Waals surface area (Å²) in [5, 5.41) is 16.8. The van der Waals surface area contributed by atoms with Crippen LogP contribution in [0.4, 0.5) is 0 Å². The van der Waals surface area contributed by atoms with Gasteiger partial charge in [-0.3, -0.25) is 4.79 Å². The number of nitrogens with one attached hydrogen (secondary N) is 1. The van der Waals surface area contributed by atoms with E-state index in [4.69, 9.17) is 0 Å². The first kappa shape index (κ1) is 17.7. The Kier molecular flexibility index (Phi) is 5.66. The topological polar surface area (TPSA) is 81.6 Å². The zero-order valence-electron chi connectivity index (χ0n) is 13.7. The van der Waals surface area contributed by atoms with Crippen molar-refractivity contribution in [1.29, 1.82) is 0 Å². The highest BCUT2D eigenvalue weighted by atomic mass is 32.2. The summed E-state index contributed by atoms with van der Waals surface area (Å²) in [4.78, 5) is 23.7. The number of carbonyl (C=O) groups is 2. The Labute approximate surface area is 154 Å². The first-order valence-corrected chi connectivity index (χ1v) is 8.86. The van der Waals surface area contributed by atoms with Crippen LogP contribution in [0.2, 0.25) is 0 Å². The quantitative estimate of drug-likeness (QED) is 0.414. The van der Waals surface area contributed by atoms with Gasteiger partial charge in [0.05, 0.1) is 17.9 Å². The fraction of sp³-hybridized carbons (Fsp3) is 0.0500. The average Bonchev–Trinajstić information content (AvgIpc) is 2.66. The molecule has 0 fully saturated rings. The lowest BCUT2D eigenvalue weighted by molar-refractivity contribution is -0.255. The fourth-order valence-electron chi connectivity index (χ4n) is 2.38. The van der Waals surface area contributed by atoms with E-state index in [0.29, 0.717) is 5.56 Å². The van der Waals surface area contributed by atoms with E-state index in [0.717, 1.165) is 15.7 Å². The summed E-state index contributed by atoms with van der Waals surface area (Å²) in [7, 11) is 0. The number of benzene rings is 3. The minimum atomic E-state index is -1.23. The van der Waals surface area contributed by atoms with E-state index in [2.05, 4.69) is 10.5 Å². The van der Waals surface area contributed by atoms with Crippen molar-refractivity contribution in [3.05, 3.63) is 77.9 Å². The molecule has 0 aromatic heterocycles. The largest absolute Gasteiger partial charge is 0.545 e. The number of aromatic carboxylic acids is 1. The summed E-state index contributed by atoms with van der Waals surface area (Å²) in [6.07, 6.45) is 1.46. The van der Waals surface area contributed by atoms with E-state index in [1.54, 1.807) is 12.1 Å². The molecule has 3 aromatic carbocycles. The molecular weight excluding hydrogens is 348 g/mol. The number of carboxylic acid groups (broad SMARTS) is 1. The predicted octanol–water partition coefficient (Wildman–Crippen LogP) is 2.45. The molecule has 130 valence electrons. The summed E-state index contributed by atoms with van der Waals surface area (Å²) < 4.78 is 0. The summed E-state index contributed by atoms with van der Waals surface area (Å²) >= 11 is 1.45. The van der Waals surface area contributed by atoms with Gasteiger partial charge >= 0.3 is 0 Å². The minimum absolute atomic E-state index is 0.0951. The maximum absolute atomic E-state index is 12.0. The number of thioether (sulfide) groups is 1. The Bertz CT molecular complexity index is 963. The molecule has 1 N–H and O–H groups in total. The van der Waals surface area contributed by atoms with Crippen molar-refractivity contribution < 1.29 is 14.7 Å². The lowest BCUT2D eigenvalue weighted by atomic mass is 10.1. The number of hydrogen-bond acceptors (Lipinski definition) is 5. The number of fused-ring (bicyclic) bond motifs is 1. The van der Waals surface area contributed by atoms with Gasteiger partial charge in [-0.05, 0) is 28.0 Å². The van der Waals surface area contributed by atoms with Gasteiger partial charge in [-0.25, -0.2) is 5.43 Å². The number of nitrogens with zero attached hydrogens (tertiary/aromatic N) is 1. The molecule has 0 radical (unpaired) electrons. The van der Waals surface area contributed by atoms with Crippen molar-refractivity contribution in [3.63, 3.8) is 0 Å². The fourth-order valence-corrected chi connectivity index (χ4v) is 3.25. The van der Waals surface area contributed by atoms with E-state index >= 15 is 0 Å². The van der Waals surface area contributed by atoms with Crippen LogP contribution in [0.1, 0.15) is 15.9 Å². The molecule has 0 spiro atoms. The summed E-state index contributed by atoms with van der Waals surface area (Å²) in [5.74, 6) is -1.20. The third kappa shape index (κ3) is 4.49. The predicted molar refractivity (Wildman–Crippen MR) is 101 cm³/mol. The summed E-state index contributed by atoms with van der Waals surface area (Å²) in [6, 6.07) is 20.1. The number of rotatable bonds is 6. The van der Waals surface area contributed by atoms with Crippen molar-refractivity contribution in [2.75, 3.05) is 5.75 Å². The zero-order valence-corrected chi connectivity index (χ0v) is 14.5. The number of hydrogen-bond donors (Lipinski definition) is 1. The van der Waals surface area contributed by atoms with Gasteiger partial charge in [-0.15, -0.1) is 11.8 Å². The molecule has 6 heteroatoms. The van der Waals surface area contributed by atoms with Crippen LogP contribution in [0.25, 0.3) is 10.8 Å². The Balaban J connectivity index is 1.55. The van der Waals surface area contributed by atoms with Crippen LogP contribution in [0.3, 0.4) is 0 Å². The minimum Gasteiger partial charge on any atom is -0.545 e. The zero-order chi connectivity index (χ0) is 18.4. The van der Waals surface area contributed by atoms with Crippen LogP contribution in [0, 0.1) is 0 Å². The van der Waals surface area contributed by atoms with Gasteiger partial charge in [0.25, 0.3) is 0 Å². The first-order valence-electron chi connectivity index (χ1n) is 7.87. The average molecular weight is 363 g/mol. The van der Waals surface area contributed by atoms with Crippen LogP contribution in [-0.2, 0) is 4.79 Å². The Hall–Kier alpha value is -3.12. The molecule has 5 nitrogen and oxygen atoms in total. The van der Waals surface area contributed by atoms with Gasteiger partial charge in [0, 0.05) is 4.90 Å². The molecule has 0 atom stereocenters. The second kappa shape index (κ2) is 8.31. The SMILES string of the molecule is O=C(CSc1cccc2ccccc12)N/N=C\c1ccc(C(=O)[O-])cc1. The smallest absolute Gasteiger partial charge is 0.250 e. The molecule has 0 heterocycles. The van der Waals surface area contributed by atoms with Gasteiger partial charge in [-0.2, -0.15) is 5.10 Å². The van der Waals surface area contributed by atoms with Crippen molar-refractivity contribution in [2.24, 2.45) is 5.10 Å². The van der Waals surface area contributed by atoms with Crippen LogP contribution in [0.15, 0.2) is 76.7 Å². The molecule has 0 aliphatic rings. The van der Waals surface area contributed by atoms with Gasteiger partial charge < -0.3 is 9.90 Å². The monoisotopic (exact) mass is 363 g/mol. The molecule has 0 saturated carbocycles. The van der Waals surface area contributed by atoms with Crippen molar-refractivity contribution >= 4 is 40.6 Å². The molecule has 0 bridgehead atoms. The van der Waals surface area contributed by atoms with Crippen molar-refractivity contribution in [3.8, 4) is 0 Å². The van der Waals surface area contributed by atoms with Crippen molar-refractivity contribution in [2.45, 2.75) is 4.90 Å². The van der Waals surface area contributed by atoms with E-state index in [9.17, 15) is 14.7 Å².